The topological polar surface area (TPSA) is 26.0 Å². The molecule has 2 heteroatoms. The third kappa shape index (κ3) is 1.39. The van der Waals surface area contributed by atoms with Crippen LogP contribution in [0.5, 0.6) is 0 Å². The molecule has 0 aromatic heterocycles. The third-order valence-corrected chi connectivity index (χ3v) is 5.37. The lowest BCUT2D eigenvalue weighted by Gasteiger charge is -2.61. The lowest BCUT2D eigenvalue weighted by molar-refractivity contribution is -0.0449. The summed E-state index contributed by atoms with van der Waals surface area (Å²) in [5, 5.41) is 0. The van der Waals surface area contributed by atoms with E-state index in [9.17, 15) is 0 Å². The minimum Gasteiger partial charge on any atom is -0.330 e. The molecule has 0 atom stereocenters. The van der Waals surface area contributed by atoms with Crippen LogP contribution in [0.25, 0.3) is 0 Å². The molecule has 0 radical (unpaired) electrons. The van der Waals surface area contributed by atoms with Crippen LogP contribution in [0.1, 0.15) is 37.7 Å². The van der Waals surface area contributed by atoms with E-state index in [0.29, 0.717) is 5.41 Å². The summed E-state index contributed by atoms with van der Waals surface area (Å²) in [6, 6.07) is 8.58. The Kier molecular flexibility index (Phi) is 2.41. The summed E-state index contributed by atoms with van der Waals surface area (Å²) >= 11 is 3.67. The molecule has 1 aromatic carbocycles. The standard InChI is InChI=1S/C14H18BrN/c15-12-5-2-1-4-11(12)14(10-16)8-13(9-14)6-3-7-13/h1-2,4-5H,3,6-10,16H2. The lowest BCUT2D eigenvalue weighted by Crippen LogP contribution is -2.56. The predicted octanol–water partition coefficient (Wildman–Crippen LogP) is 3.61. The molecule has 1 aromatic rings. The van der Waals surface area contributed by atoms with Crippen molar-refractivity contribution in [3.8, 4) is 0 Å². The van der Waals surface area contributed by atoms with Gasteiger partial charge in [0.2, 0.25) is 0 Å². The minimum absolute atomic E-state index is 0.264. The highest BCUT2D eigenvalue weighted by atomic mass is 79.9. The average molecular weight is 280 g/mol. The molecule has 2 saturated carbocycles. The number of halogens is 1. The van der Waals surface area contributed by atoms with E-state index >= 15 is 0 Å². The van der Waals surface area contributed by atoms with E-state index < -0.39 is 0 Å². The molecule has 1 nitrogen and oxygen atoms in total. The molecule has 16 heavy (non-hydrogen) atoms. The van der Waals surface area contributed by atoms with Crippen molar-refractivity contribution in [2.24, 2.45) is 11.1 Å². The molecule has 86 valence electrons. The summed E-state index contributed by atoms with van der Waals surface area (Å²) < 4.78 is 1.23. The molecule has 2 N–H and O–H groups in total. The highest BCUT2D eigenvalue weighted by Crippen LogP contribution is 2.65. The van der Waals surface area contributed by atoms with Gasteiger partial charge in [0.25, 0.3) is 0 Å². The van der Waals surface area contributed by atoms with Crippen LogP contribution in [0.2, 0.25) is 0 Å². The minimum atomic E-state index is 0.264. The zero-order valence-corrected chi connectivity index (χ0v) is 11.1. The van der Waals surface area contributed by atoms with Gasteiger partial charge in [0.05, 0.1) is 0 Å². The highest BCUT2D eigenvalue weighted by molar-refractivity contribution is 9.10. The zero-order valence-electron chi connectivity index (χ0n) is 9.51. The van der Waals surface area contributed by atoms with Gasteiger partial charge in [-0.3, -0.25) is 0 Å². The molecule has 0 saturated heterocycles. The van der Waals surface area contributed by atoms with E-state index in [2.05, 4.69) is 40.2 Å². The van der Waals surface area contributed by atoms with E-state index in [1.165, 1.54) is 42.1 Å². The van der Waals surface area contributed by atoms with Gasteiger partial charge in [-0.1, -0.05) is 40.5 Å². The number of nitrogens with two attached hydrogens (primary N) is 1. The molecular formula is C14H18BrN. The van der Waals surface area contributed by atoms with Gasteiger partial charge in [0.15, 0.2) is 0 Å². The summed E-state index contributed by atoms with van der Waals surface area (Å²) in [6.07, 6.45) is 6.90. The third-order valence-electron chi connectivity index (χ3n) is 4.68. The van der Waals surface area contributed by atoms with Crippen LogP contribution < -0.4 is 5.73 Å². The molecule has 1 spiro atoms. The van der Waals surface area contributed by atoms with Crippen molar-refractivity contribution < 1.29 is 0 Å². The van der Waals surface area contributed by atoms with E-state index in [1.54, 1.807) is 0 Å². The van der Waals surface area contributed by atoms with Crippen LogP contribution in [0.4, 0.5) is 0 Å². The van der Waals surface area contributed by atoms with Crippen molar-refractivity contribution >= 4 is 15.9 Å². The van der Waals surface area contributed by atoms with Gasteiger partial charge in [-0.05, 0) is 42.7 Å². The summed E-state index contributed by atoms with van der Waals surface area (Å²) in [6.45, 7) is 0.789. The Bertz CT molecular complexity index is 401. The van der Waals surface area contributed by atoms with Gasteiger partial charge in [0.1, 0.15) is 0 Å². The van der Waals surface area contributed by atoms with E-state index in [0.717, 1.165) is 6.54 Å². The summed E-state index contributed by atoms with van der Waals surface area (Å²) in [4.78, 5) is 0. The van der Waals surface area contributed by atoms with Crippen molar-refractivity contribution in [1.82, 2.24) is 0 Å². The molecular weight excluding hydrogens is 262 g/mol. The molecule has 0 heterocycles. The van der Waals surface area contributed by atoms with Crippen molar-refractivity contribution in [3.63, 3.8) is 0 Å². The molecule has 3 rings (SSSR count). The smallest absolute Gasteiger partial charge is 0.0213 e. The molecule has 0 aliphatic heterocycles. The van der Waals surface area contributed by atoms with Gasteiger partial charge in [-0.25, -0.2) is 0 Å². The normalized spacial score (nSPS) is 24.9. The number of hydrogen-bond acceptors (Lipinski definition) is 1. The quantitative estimate of drug-likeness (QED) is 0.880. The van der Waals surface area contributed by atoms with Crippen molar-refractivity contribution in [2.45, 2.75) is 37.5 Å². The summed E-state index contributed by atoms with van der Waals surface area (Å²) in [5.41, 5.74) is 8.41. The second-order valence-corrected chi connectivity index (χ2v) is 6.53. The maximum absolute atomic E-state index is 6.05. The van der Waals surface area contributed by atoms with Gasteiger partial charge in [-0.2, -0.15) is 0 Å². The van der Waals surface area contributed by atoms with Crippen LogP contribution in [-0.2, 0) is 5.41 Å². The Balaban J connectivity index is 1.90. The number of benzene rings is 1. The Hall–Kier alpha value is -0.340. The number of hydrogen-bond donors (Lipinski definition) is 1. The van der Waals surface area contributed by atoms with Crippen LogP contribution in [0.15, 0.2) is 28.7 Å². The lowest BCUT2D eigenvalue weighted by atomic mass is 9.44. The van der Waals surface area contributed by atoms with Crippen LogP contribution in [-0.4, -0.2) is 6.54 Å². The fourth-order valence-electron chi connectivity index (χ4n) is 3.75. The first kappa shape index (κ1) is 10.8. The van der Waals surface area contributed by atoms with E-state index in [-0.39, 0.29) is 5.41 Å². The Morgan fingerprint density at radius 2 is 1.88 bits per heavy atom. The monoisotopic (exact) mass is 279 g/mol. The van der Waals surface area contributed by atoms with Gasteiger partial charge in [0, 0.05) is 16.4 Å². The zero-order chi connectivity index (χ0) is 11.2. The second-order valence-electron chi connectivity index (χ2n) is 5.67. The Morgan fingerprint density at radius 1 is 1.19 bits per heavy atom. The van der Waals surface area contributed by atoms with Crippen molar-refractivity contribution in [1.29, 1.82) is 0 Å². The number of rotatable bonds is 2. The average Bonchev–Trinajstić information content (AvgIpc) is 2.17. The van der Waals surface area contributed by atoms with Crippen molar-refractivity contribution in [2.75, 3.05) is 6.54 Å². The molecule has 2 aliphatic carbocycles. The fraction of sp³-hybridized carbons (Fsp3) is 0.571. The van der Waals surface area contributed by atoms with Crippen LogP contribution >= 0.6 is 15.9 Å². The van der Waals surface area contributed by atoms with Gasteiger partial charge in [-0.15, -0.1) is 0 Å². The predicted molar refractivity (Wildman–Crippen MR) is 70.4 cm³/mol. The second kappa shape index (κ2) is 3.58. The first-order valence-corrected chi connectivity index (χ1v) is 6.94. The molecule has 0 amide bonds. The summed E-state index contributed by atoms with van der Waals surface area (Å²) in [7, 11) is 0. The highest BCUT2D eigenvalue weighted by Gasteiger charge is 2.57. The van der Waals surface area contributed by atoms with E-state index in [4.69, 9.17) is 5.73 Å². The van der Waals surface area contributed by atoms with E-state index in [1.807, 2.05) is 0 Å². The van der Waals surface area contributed by atoms with Gasteiger partial charge < -0.3 is 5.73 Å². The van der Waals surface area contributed by atoms with Crippen molar-refractivity contribution in [3.05, 3.63) is 34.3 Å². The van der Waals surface area contributed by atoms with Gasteiger partial charge >= 0.3 is 0 Å². The molecule has 0 unspecified atom stereocenters. The molecule has 0 bridgehead atoms. The fourth-order valence-corrected chi connectivity index (χ4v) is 4.46. The SMILES string of the molecule is NCC1(c2ccccc2Br)CC2(CCC2)C1. The Morgan fingerprint density at radius 3 is 2.38 bits per heavy atom. The maximum atomic E-state index is 6.05. The largest absolute Gasteiger partial charge is 0.330 e. The maximum Gasteiger partial charge on any atom is 0.0213 e. The first-order chi connectivity index (χ1) is 7.70. The summed E-state index contributed by atoms with van der Waals surface area (Å²) in [5.74, 6) is 0. The van der Waals surface area contributed by atoms with Crippen LogP contribution in [0, 0.1) is 5.41 Å². The van der Waals surface area contributed by atoms with Crippen LogP contribution in [0.3, 0.4) is 0 Å². The Labute approximate surface area is 106 Å². The first-order valence-electron chi connectivity index (χ1n) is 6.15. The molecule has 2 fully saturated rings. The molecule has 2 aliphatic rings.